The fourth-order valence-electron chi connectivity index (χ4n) is 3.92. The number of carbonyl (C=O) groups excluding carboxylic acids is 1. The molecule has 1 aromatic heterocycles. The number of carbonyl (C=O) groups is 1. The van der Waals surface area contributed by atoms with Crippen molar-refractivity contribution in [3.8, 4) is 0 Å². The van der Waals surface area contributed by atoms with Crippen LogP contribution < -0.4 is 10.6 Å². The summed E-state index contributed by atoms with van der Waals surface area (Å²) in [5.41, 5.74) is 1.47. The molecule has 2 atom stereocenters. The lowest BCUT2D eigenvalue weighted by atomic mass is 9.95. The van der Waals surface area contributed by atoms with Crippen LogP contribution in [-0.4, -0.2) is 26.9 Å². The second kappa shape index (κ2) is 8.09. The SMILES string of the molecule is CC(C)C(=O)NC(C)C1NCCc2c1oc1cc(S(=O)(=O)c3cccc(F)c3)ccc21. The number of halogens is 1. The molecule has 1 aliphatic heterocycles. The molecule has 8 heteroatoms. The molecular weight excluding hydrogens is 419 g/mol. The number of nitrogens with one attached hydrogen (secondary N) is 2. The van der Waals surface area contributed by atoms with Gasteiger partial charge in [0.1, 0.15) is 17.2 Å². The highest BCUT2D eigenvalue weighted by molar-refractivity contribution is 7.91. The smallest absolute Gasteiger partial charge is 0.222 e. The topological polar surface area (TPSA) is 88.4 Å². The third-order valence-electron chi connectivity index (χ3n) is 5.63. The Kier molecular flexibility index (Phi) is 5.61. The van der Waals surface area contributed by atoms with Crippen LogP contribution >= 0.6 is 0 Å². The van der Waals surface area contributed by atoms with Crippen LogP contribution in [0.25, 0.3) is 11.0 Å². The summed E-state index contributed by atoms with van der Waals surface area (Å²) in [6.07, 6.45) is 0.736. The summed E-state index contributed by atoms with van der Waals surface area (Å²) >= 11 is 0. The largest absolute Gasteiger partial charge is 0.459 e. The first-order chi connectivity index (χ1) is 14.7. The van der Waals surface area contributed by atoms with Crippen LogP contribution in [0.3, 0.4) is 0 Å². The normalized spacial score (nSPS) is 17.5. The van der Waals surface area contributed by atoms with E-state index in [2.05, 4.69) is 10.6 Å². The van der Waals surface area contributed by atoms with Crippen molar-refractivity contribution in [3.63, 3.8) is 0 Å². The molecule has 6 nitrogen and oxygen atoms in total. The highest BCUT2D eigenvalue weighted by atomic mass is 32.2. The van der Waals surface area contributed by atoms with Crippen molar-refractivity contribution in [2.24, 2.45) is 5.92 Å². The van der Waals surface area contributed by atoms with E-state index in [9.17, 15) is 17.6 Å². The van der Waals surface area contributed by atoms with Crippen molar-refractivity contribution in [2.75, 3.05) is 6.54 Å². The molecule has 4 rings (SSSR count). The van der Waals surface area contributed by atoms with Crippen LogP contribution in [-0.2, 0) is 21.1 Å². The molecular formula is C23H25FN2O4S. The van der Waals surface area contributed by atoms with E-state index in [0.29, 0.717) is 11.3 Å². The molecule has 2 unspecified atom stereocenters. The lowest BCUT2D eigenvalue weighted by molar-refractivity contribution is -0.124. The van der Waals surface area contributed by atoms with Gasteiger partial charge in [-0.25, -0.2) is 12.8 Å². The second-order valence-corrected chi connectivity index (χ2v) is 10.1. The lowest BCUT2D eigenvalue weighted by Crippen LogP contribution is -2.46. The number of benzene rings is 2. The minimum atomic E-state index is -3.88. The lowest BCUT2D eigenvalue weighted by Gasteiger charge is -2.29. The predicted molar refractivity (Wildman–Crippen MR) is 115 cm³/mol. The molecule has 0 aliphatic carbocycles. The van der Waals surface area contributed by atoms with Crippen molar-refractivity contribution in [1.82, 2.24) is 10.6 Å². The van der Waals surface area contributed by atoms with E-state index in [1.165, 1.54) is 30.3 Å². The minimum absolute atomic E-state index is 0.0407. The van der Waals surface area contributed by atoms with Gasteiger partial charge in [-0.15, -0.1) is 0 Å². The van der Waals surface area contributed by atoms with Gasteiger partial charge in [0.15, 0.2) is 0 Å². The first-order valence-corrected chi connectivity index (χ1v) is 11.8. The van der Waals surface area contributed by atoms with Gasteiger partial charge in [0.25, 0.3) is 0 Å². The van der Waals surface area contributed by atoms with E-state index in [1.54, 1.807) is 6.07 Å². The average Bonchev–Trinajstić information content (AvgIpc) is 3.11. The Labute approximate surface area is 180 Å². The van der Waals surface area contributed by atoms with Gasteiger partial charge < -0.3 is 15.1 Å². The van der Waals surface area contributed by atoms with Gasteiger partial charge in [0, 0.05) is 35.5 Å². The first-order valence-electron chi connectivity index (χ1n) is 10.3. The fourth-order valence-corrected chi connectivity index (χ4v) is 5.23. The average molecular weight is 445 g/mol. The Morgan fingerprint density at radius 1 is 1.16 bits per heavy atom. The molecule has 0 spiro atoms. The molecule has 0 bridgehead atoms. The number of rotatable bonds is 5. The highest BCUT2D eigenvalue weighted by Gasteiger charge is 2.32. The maximum atomic E-state index is 13.6. The number of amides is 1. The maximum absolute atomic E-state index is 13.6. The molecule has 2 aromatic carbocycles. The molecule has 2 heterocycles. The highest BCUT2D eigenvalue weighted by Crippen LogP contribution is 2.36. The van der Waals surface area contributed by atoms with Crippen molar-refractivity contribution < 1.29 is 22.0 Å². The third kappa shape index (κ3) is 3.97. The number of furan rings is 1. The zero-order valence-electron chi connectivity index (χ0n) is 17.6. The van der Waals surface area contributed by atoms with Crippen LogP contribution in [0.4, 0.5) is 4.39 Å². The molecule has 3 aromatic rings. The van der Waals surface area contributed by atoms with E-state index < -0.39 is 15.7 Å². The van der Waals surface area contributed by atoms with Crippen LogP contribution in [0.15, 0.2) is 56.7 Å². The van der Waals surface area contributed by atoms with Crippen LogP contribution in [0.2, 0.25) is 0 Å². The number of fused-ring (bicyclic) bond motifs is 3. The zero-order chi connectivity index (χ0) is 22.3. The Morgan fingerprint density at radius 2 is 1.90 bits per heavy atom. The first kappa shape index (κ1) is 21.5. The van der Waals surface area contributed by atoms with Gasteiger partial charge in [-0.1, -0.05) is 19.9 Å². The van der Waals surface area contributed by atoms with Gasteiger partial charge in [0.2, 0.25) is 15.7 Å². The molecule has 2 N–H and O–H groups in total. The quantitative estimate of drug-likeness (QED) is 0.626. The monoisotopic (exact) mass is 444 g/mol. The van der Waals surface area contributed by atoms with Gasteiger partial charge in [-0.2, -0.15) is 0 Å². The second-order valence-electron chi connectivity index (χ2n) is 8.20. The minimum Gasteiger partial charge on any atom is -0.459 e. The van der Waals surface area contributed by atoms with E-state index in [-0.39, 0.29) is 33.7 Å². The van der Waals surface area contributed by atoms with Gasteiger partial charge in [-0.05, 0) is 43.7 Å². The molecule has 1 aliphatic rings. The van der Waals surface area contributed by atoms with Crippen molar-refractivity contribution in [1.29, 1.82) is 0 Å². The Hall–Kier alpha value is -2.71. The summed E-state index contributed by atoms with van der Waals surface area (Å²) in [5.74, 6) is -0.0714. The summed E-state index contributed by atoms with van der Waals surface area (Å²) in [7, 11) is -3.88. The maximum Gasteiger partial charge on any atom is 0.222 e. The Bertz CT molecular complexity index is 1250. The number of hydrogen-bond donors (Lipinski definition) is 2. The van der Waals surface area contributed by atoms with E-state index in [1.807, 2.05) is 20.8 Å². The molecule has 1 amide bonds. The molecule has 164 valence electrons. The van der Waals surface area contributed by atoms with Crippen molar-refractivity contribution >= 4 is 26.7 Å². The van der Waals surface area contributed by atoms with E-state index in [0.717, 1.165) is 30.0 Å². The van der Waals surface area contributed by atoms with Gasteiger partial charge in [-0.3, -0.25) is 4.79 Å². The molecule has 0 saturated heterocycles. The Balaban J connectivity index is 1.72. The van der Waals surface area contributed by atoms with Crippen LogP contribution in [0, 0.1) is 11.7 Å². The fraction of sp³-hybridized carbons (Fsp3) is 0.348. The Morgan fingerprint density at radius 3 is 2.61 bits per heavy atom. The van der Waals surface area contributed by atoms with Crippen molar-refractivity contribution in [2.45, 2.75) is 49.1 Å². The van der Waals surface area contributed by atoms with E-state index >= 15 is 0 Å². The standard InChI is InChI=1S/C23H25FN2O4S/c1-13(2)23(27)26-14(3)21-22-19(9-10-25-21)18-8-7-17(12-20(18)30-22)31(28,29)16-6-4-5-15(24)11-16/h4-8,11-14,21,25H,9-10H2,1-3H3,(H,26,27). The summed E-state index contributed by atoms with van der Waals surface area (Å²) < 4.78 is 45.6. The van der Waals surface area contributed by atoms with Crippen LogP contribution in [0.5, 0.6) is 0 Å². The van der Waals surface area contributed by atoms with E-state index in [4.69, 9.17) is 4.42 Å². The third-order valence-corrected chi connectivity index (χ3v) is 7.38. The predicted octanol–water partition coefficient (Wildman–Crippen LogP) is 3.75. The zero-order valence-corrected chi connectivity index (χ0v) is 18.4. The summed E-state index contributed by atoms with van der Waals surface area (Å²) in [6, 6.07) is 9.28. The molecule has 0 radical (unpaired) electrons. The van der Waals surface area contributed by atoms with Crippen molar-refractivity contribution in [3.05, 3.63) is 59.6 Å². The molecule has 0 saturated carbocycles. The molecule has 31 heavy (non-hydrogen) atoms. The van der Waals surface area contributed by atoms with Gasteiger partial charge >= 0.3 is 0 Å². The molecule has 0 fully saturated rings. The summed E-state index contributed by atoms with van der Waals surface area (Å²) in [5, 5.41) is 7.24. The summed E-state index contributed by atoms with van der Waals surface area (Å²) in [6.45, 7) is 6.31. The van der Waals surface area contributed by atoms with Gasteiger partial charge in [0.05, 0.1) is 15.8 Å². The van der Waals surface area contributed by atoms with Crippen LogP contribution in [0.1, 0.15) is 38.1 Å². The number of hydrogen-bond acceptors (Lipinski definition) is 5. The number of sulfone groups is 1. The summed E-state index contributed by atoms with van der Waals surface area (Å²) in [4.78, 5) is 12.1.